The number of aromatic nitrogens is 2. The second-order valence-corrected chi connectivity index (χ2v) is 6.15. The van der Waals surface area contributed by atoms with Gasteiger partial charge in [0.1, 0.15) is 18.0 Å². The van der Waals surface area contributed by atoms with Crippen molar-refractivity contribution < 1.29 is 4.79 Å². The van der Waals surface area contributed by atoms with E-state index in [1.165, 1.54) is 25.6 Å². The van der Waals surface area contributed by atoms with E-state index in [4.69, 9.17) is 0 Å². The topological polar surface area (TPSA) is 58.1 Å². The Morgan fingerprint density at radius 3 is 2.90 bits per heavy atom. The van der Waals surface area contributed by atoms with E-state index in [9.17, 15) is 4.79 Å². The Morgan fingerprint density at radius 1 is 1.29 bits per heavy atom. The summed E-state index contributed by atoms with van der Waals surface area (Å²) in [4.78, 5) is 23.7. The average Bonchev–Trinajstić information content (AvgIpc) is 3.01. The standard InChI is InChI=1S/C15H18N4OS/c20-15(9-12-5-4-8-21-12)18-13-10-14(17-11-16-13)19-6-2-1-3-7-19/h4-5,8,10-11H,1-3,6-7,9H2,(H,16,17,18,20). The van der Waals surface area contributed by atoms with Gasteiger partial charge in [-0.1, -0.05) is 6.07 Å². The molecule has 1 aliphatic heterocycles. The Kier molecular flexibility index (Phi) is 4.45. The molecule has 2 aromatic rings. The lowest BCUT2D eigenvalue weighted by Crippen LogP contribution is -2.30. The number of piperidine rings is 1. The Morgan fingerprint density at radius 2 is 2.14 bits per heavy atom. The first kappa shape index (κ1) is 14.0. The molecule has 1 aliphatic rings. The van der Waals surface area contributed by atoms with Crippen molar-refractivity contribution in [2.45, 2.75) is 25.7 Å². The lowest BCUT2D eigenvalue weighted by Gasteiger charge is -2.27. The molecule has 0 aromatic carbocycles. The van der Waals surface area contributed by atoms with Gasteiger partial charge in [0, 0.05) is 24.0 Å². The van der Waals surface area contributed by atoms with E-state index >= 15 is 0 Å². The SMILES string of the molecule is O=C(Cc1cccs1)Nc1cc(N2CCCCC2)ncn1. The van der Waals surface area contributed by atoms with Crippen molar-refractivity contribution in [3.63, 3.8) is 0 Å². The normalized spacial score (nSPS) is 15.0. The molecule has 0 spiro atoms. The third kappa shape index (κ3) is 3.78. The van der Waals surface area contributed by atoms with Gasteiger partial charge in [0.15, 0.2) is 0 Å². The van der Waals surface area contributed by atoms with Crippen LogP contribution in [0.15, 0.2) is 29.9 Å². The van der Waals surface area contributed by atoms with E-state index in [1.54, 1.807) is 11.3 Å². The highest BCUT2D eigenvalue weighted by Crippen LogP contribution is 2.19. The van der Waals surface area contributed by atoms with Crippen LogP contribution in [0.5, 0.6) is 0 Å². The maximum atomic E-state index is 12.0. The molecular formula is C15H18N4OS. The third-order valence-electron chi connectivity index (χ3n) is 3.52. The summed E-state index contributed by atoms with van der Waals surface area (Å²) in [5, 5.41) is 4.82. The fourth-order valence-corrected chi connectivity index (χ4v) is 3.17. The zero-order chi connectivity index (χ0) is 14.5. The minimum absolute atomic E-state index is 0.0410. The van der Waals surface area contributed by atoms with Crippen LogP contribution in [-0.2, 0) is 11.2 Å². The van der Waals surface area contributed by atoms with Crippen LogP contribution in [0.4, 0.5) is 11.6 Å². The summed E-state index contributed by atoms with van der Waals surface area (Å²) in [7, 11) is 0. The quantitative estimate of drug-likeness (QED) is 0.943. The molecule has 0 atom stereocenters. The van der Waals surface area contributed by atoms with E-state index in [2.05, 4.69) is 20.2 Å². The second kappa shape index (κ2) is 6.67. The van der Waals surface area contributed by atoms with Crippen LogP contribution < -0.4 is 10.2 Å². The van der Waals surface area contributed by atoms with Gasteiger partial charge in [0.05, 0.1) is 6.42 Å². The summed E-state index contributed by atoms with van der Waals surface area (Å²) in [5.74, 6) is 1.43. The molecule has 1 N–H and O–H groups in total. The first-order valence-electron chi connectivity index (χ1n) is 7.20. The Bertz CT molecular complexity index is 593. The maximum absolute atomic E-state index is 12.0. The molecule has 0 unspecified atom stereocenters. The third-order valence-corrected chi connectivity index (χ3v) is 4.39. The van der Waals surface area contributed by atoms with Crippen LogP contribution in [0.25, 0.3) is 0 Å². The number of hydrogen-bond donors (Lipinski definition) is 1. The molecular weight excluding hydrogens is 284 g/mol. The molecule has 0 aliphatic carbocycles. The first-order chi connectivity index (χ1) is 10.3. The number of anilines is 2. The number of carbonyl (C=O) groups excluding carboxylic acids is 1. The highest BCUT2D eigenvalue weighted by Gasteiger charge is 2.13. The van der Waals surface area contributed by atoms with Crippen LogP contribution in [-0.4, -0.2) is 29.0 Å². The first-order valence-corrected chi connectivity index (χ1v) is 8.08. The second-order valence-electron chi connectivity index (χ2n) is 5.11. The molecule has 3 heterocycles. The molecule has 0 radical (unpaired) electrons. The van der Waals surface area contributed by atoms with Gasteiger partial charge in [-0.2, -0.15) is 0 Å². The van der Waals surface area contributed by atoms with Crippen molar-refractivity contribution >= 4 is 28.9 Å². The van der Waals surface area contributed by atoms with E-state index in [0.29, 0.717) is 12.2 Å². The number of hydrogen-bond acceptors (Lipinski definition) is 5. The highest BCUT2D eigenvalue weighted by molar-refractivity contribution is 7.10. The Balaban J connectivity index is 1.63. The predicted molar refractivity (Wildman–Crippen MR) is 84.7 cm³/mol. The predicted octanol–water partition coefficient (Wildman–Crippen LogP) is 2.71. The van der Waals surface area contributed by atoms with Gasteiger partial charge in [0.2, 0.25) is 5.91 Å². The average molecular weight is 302 g/mol. The smallest absolute Gasteiger partial charge is 0.230 e. The van der Waals surface area contributed by atoms with Crippen molar-refractivity contribution in [3.05, 3.63) is 34.8 Å². The van der Waals surface area contributed by atoms with Gasteiger partial charge in [-0.3, -0.25) is 4.79 Å². The van der Waals surface area contributed by atoms with Gasteiger partial charge < -0.3 is 10.2 Å². The van der Waals surface area contributed by atoms with Gasteiger partial charge in [-0.15, -0.1) is 11.3 Å². The van der Waals surface area contributed by atoms with Gasteiger partial charge in [-0.25, -0.2) is 9.97 Å². The molecule has 6 heteroatoms. The van der Waals surface area contributed by atoms with Gasteiger partial charge in [-0.05, 0) is 30.7 Å². The van der Waals surface area contributed by atoms with Gasteiger partial charge >= 0.3 is 0 Å². The summed E-state index contributed by atoms with van der Waals surface area (Å²) < 4.78 is 0. The summed E-state index contributed by atoms with van der Waals surface area (Å²) in [5.41, 5.74) is 0. The van der Waals surface area contributed by atoms with Crippen LogP contribution in [0.2, 0.25) is 0 Å². The monoisotopic (exact) mass is 302 g/mol. The Labute approximate surface area is 128 Å². The zero-order valence-electron chi connectivity index (χ0n) is 11.8. The number of carbonyl (C=O) groups is 1. The maximum Gasteiger partial charge on any atom is 0.230 e. The molecule has 110 valence electrons. The number of rotatable bonds is 4. The van der Waals surface area contributed by atoms with Crippen LogP contribution in [0.3, 0.4) is 0 Å². The molecule has 1 amide bonds. The molecule has 0 bridgehead atoms. The highest BCUT2D eigenvalue weighted by atomic mass is 32.1. The van der Waals surface area contributed by atoms with Crippen molar-refractivity contribution in [2.75, 3.05) is 23.3 Å². The van der Waals surface area contributed by atoms with Crippen molar-refractivity contribution in [3.8, 4) is 0 Å². The van der Waals surface area contributed by atoms with Crippen molar-refractivity contribution in [1.29, 1.82) is 0 Å². The molecule has 2 aromatic heterocycles. The van der Waals surface area contributed by atoms with Crippen LogP contribution in [0.1, 0.15) is 24.1 Å². The molecule has 1 fully saturated rings. The molecule has 0 saturated carbocycles. The fourth-order valence-electron chi connectivity index (χ4n) is 2.47. The number of thiophene rings is 1. The fraction of sp³-hybridized carbons (Fsp3) is 0.400. The number of nitrogens with zero attached hydrogens (tertiary/aromatic N) is 3. The van der Waals surface area contributed by atoms with Gasteiger partial charge in [0.25, 0.3) is 0 Å². The number of nitrogens with one attached hydrogen (secondary N) is 1. The van der Waals surface area contributed by atoms with E-state index in [-0.39, 0.29) is 5.91 Å². The minimum Gasteiger partial charge on any atom is -0.356 e. The van der Waals surface area contributed by atoms with Crippen LogP contribution >= 0.6 is 11.3 Å². The summed E-state index contributed by atoms with van der Waals surface area (Å²) >= 11 is 1.59. The molecule has 1 saturated heterocycles. The summed E-state index contributed by atoms with van der Waals surface area (Å²) in [6.45, 7) is 2.05. The summed E-state index contributed by atoms with van der Waals surface area (Å²) in [6.07, 6.45) is 5.59. The Hall–Kier alpha value is -1.95. The van der Waals surface area contributed by atoms with E-state index in [1.807, 2.05) is 23.6 Å². The van der Waals surface area contributed by atoms with Crippen molar-refractivity contribution in [1.82, 2.24) is 9.97 Å². The molecule has 5 nitrogen and oxygen atoms in total. The lowest BCUT2D eigenvalue weighted by atomic mass is 10.1. The molecule has 3 rings (SSSR count). The van der Waals surface area contributed by atoms with Crippen LogP contribution in [0, 0.1) is 0 Å². The minimum atomic E-state index is -0.0410. The largest absolute Gasteiger partial charge is 0.356 e. The zero-order valence-corrected chi connectivity index (χ0v) is 12.6. The van der Waals surface area contributed by atoms with Crippen molar-refractivity contribution in [2.24, 2.45) is 0 Å². The summed E-state index contributed by atoms with van der Waals surface area (Å²) in [6, 6.07) is 5.77. The van der Waals surface area contributed by atoms with E-state index in [0.717, 1.165) is 23.8 Å². The number of amides is 1. The molecule has 21 heavy (non-hydrogen) atoms. The van der Waals surface area contributed by atoms with E-state index < -0.39 is 0 Å². The lowest BCUT2D eigenvalue weighted by molar-refractivity contribution is -0.115.